The average Bonchev–Trinajstić information content (AvgIpc) is 3.03. The number of benzene rings is 1. The lowest BCUT2D eigenvalue weighted by Gasteiger charge is -2.13. The van der Waals surface area contributed by atoms with Crippen LogP contribution in [0.25, 0.3) is 11.0 Å². The van der Waals surface area contributed by atoms with Crippen molar-refractivity contribution in [3.63, 3.8) is 0 Å². The first kappa shape index (κ1) is 20.0. The molecular formula is C20H25N5O2. The Morgan fingerprint density at radius 2 is 1.96 bits per heavy atom. The molecule has 3 aromatic rings. The van der Waals surface area contributed by atoms with Crippen molar-refractivity contribution in [3.05, 3.63) is 41.7 Å². The quantitative estimate of drug-likeness (QED) is 0.738. The number of aryl methyl sites for hydroxylation is 1. The number of methoxy groups -OCH3 is 1. The first-order valence-electron chi connectivity index (χ1n) is 8.79. The molecule has 27 heavy (non-hydrogen) atoms. The van der Waals surface area contributed by atoms with Gasteiger partial charge in [0.1, 0.15) is 17.6 Å². The summed E-state index contributed by atoms with van der Waals surface area (Å²) < 4.78 is 12.8. The number of hydrogen-bond donors (Lipinski definition) is 1. The van der Waals surface area contributed by atoms with Crippen molar-refractivity contribution in [2.45, 2.75) is 33.7 Å². The van der Waals surface area contributed by atoms with Gasteiger partial charge in [0.25, 0.3) is 0 Å². The number of ether oxygens (including phenoxy) is 2. The van der Waals surface area contributed by atoms with Crippen LogP contribution in [0.3, 0.4) is 0 Å². The lowest BCUT2D eigenvalue weighted by Crippen LogP contribution is -2.04. The van der Waals surface area contributed by atoms with E-state index in [2.05, 4.69) is 23.8 Å². The lowest BCUT2D eigenvalue weighted by molar-refractivity contribution is 0.364. The average molecular weight is 367 g/mol. The van der Waals surface area contributed by atoms with Gasteiger partial charge < -0.3 is 19.8 Å². The summed E-state index contributed by atoms with van der Waals surface area (Å²) in [6.45, 7) is 6.72. The highest BCUT2D eigenvalue weighted by Gasteiger charge is 2.11. The summed E-state index contributed by atoms with van der Waals surface area (Å²) in [5.74, 6) is 1.64. The molecule has 0 bridgehead atoms. The first-order chi connectivity index (χ1) is 13.0. The summed E-state index contributed by atoms with van der Waals surface area (Å²) in [6, 6.07) is 9.34. The van der Waals surface area contributed by atoms with Crippen molar-refractivity contribution in [2.24, 2.45) is 0 Å². The van der Waals surface area contributed by atoms with Gasteiger partial charge in [-0.3, -0.25) is 0 Å². The number of anilines is 1. The van der Waals surface area contributed by atoms with Crippen LogP contribution in [-0.4, -0.2) is 28.3 Å². The molecule has 0 aliphatic rings. The number of rotatable bonds is 5. The zero-order valence-corrected chi connectivity index (χ0v) is 16.2. The normalized spacial score (nSPS) is 10.0. The number of fused-ring (bicyclic) bond motifs is 1. The topological polar surface area (TPSA) is 99.0 Å². The monoisotopic (exact) mass is 367 g/mol. The van der Waals surface area contributed by atoms with E-state index >= 15 is 0 Å². The van der Waals surface area contributed by atoms with E-state index in [-0.39, 0.29) is 12.6 Å². The zero-order valence-electron chi connectivity index (χ0n) is 16.2. The predicted octanol–water partition coefficient (Wildman–Crippen LogP) is 3.70. The van der Waals surface area contributed by atoms with Gasteiger partial charge in [-0.15, -0.1) is 0 Å². The van der Waals surface area contributed by atoms with Crippen LogP contribution < -0.4 is 15.2 Å². The molecular weight excluding hydrogens is 342 g/mol. The van der Waals surface area contributed by atoms with Gasteiger partial charge in [0.15, 0.2) is 6.61 Å². The molecule has 0 amide bonds. The molecule has 2 aromatic heterocycles. The predicted molar refractivity (Wildman–Crippen MR) is 106 cm³/mol. The largest absolute Gasteiger partial charge is 0.496 e. The highest BCUT2D eigenvalue weighted by molar-refractivity contribution is 5.79. The minimum Gasteiger partial charge on any atom is -0.496 e. The smallest absolute Gasteiger partial charge is 0.220 e. The molecule has 0 aliphatic carbocycles. The van der Waals surface area contributed by atoms with Gasteiger partial charge in [-0.2, -0.15) is 5.26 Å². The van der Waals surface area contributed by atoms with E-state index in [1.54, 1.807) is 13.2 Å². The molecule has 7 nitrogen and oxygen atoms in total. The lowest BCUT2D eigenvalue weighted by atomic mass is 10.2. The molecule has 0 aliphatic heterocycles. The third kappa shape index (κ3) is 4.88. The van der Waals surface area contributed by atoms with E-state index in [1.807, 2.05) is 42.0 Å². The van der Waals surface area contributed by atoms with Crippen LogP contribution in [0.15, 0.2) is 30.5 Å². The van der Waals surface area contributed by atoms with E-state index in [0.717, 1.165) is 28.0 Å². The Kier molecular flexibility index (Phi) is 7.00. The summed E-state index contributed by atoms with van der Waals surface area (Å²) >= 11 is 0. The van der Waals surface area contributed by atoms with Crippen LogP contribution in [0.4, 0.5) is 5.95 Å². The molecule has 0 radical (unpaired) electrons. The second-order valence-electron chi connectivity index (χ2n) is 5.97. The molecule has 0 saturated carbocycles. The molecule has 0 saturated heterocycles. The number of hydrogen-bond acceptors (Lipinski definition) is 6. The Bertz CT molecular complexity index is 943. The van der Waals surface area contributed by atoms with E-state index in [1.165, 1.54) is 6.42 Å². The Morgan fingerprint density at radius 1 is 1.22 bits per heavy atom. The van der Waals surface area contributed by atoms with Crippen molar-refractivity contribution in [2.75, 3.05) is 19.5 Å². The summed E-state index contributed by atoms with van der Waals surface area (Å²) in [6.07, 6.45) is 3.19. The van der Waals surface area contributed by atoms with Crippen LogP contribution >= 0.6 is 0 Å². The molecule has 3 rings (SSSR count). The standard InChI is InChI=1S/C17H17N5O2.C3H8/c1-11-16-14(21-17(19)20-11)5-7-22(16)10-12-9-13(24-8-6-18)3-4-15(12)23-2;1-3-2/h3-5,7,9H,8,10H2,1-2H3,(H2,19,20,21);3H2,1-2H3. The molecule has 0 atom stereocenters. The highest BCUT2D eigenvalue weighted by atomic mass is 16.5. The summed E-state index contributed by atoms with van der Waals surface area (Å²) in [4.78, 5) is 8.48. The summed E-state index contributed by atoms with van der Waals surface area (Å²) in [7, 11) is 1.62. The minimum absolute atomic E-state index is 0.00441. The van der Waals surface area contributed by atoms with E-state index < -0.39 is 0 Å². The molecule has 1 aromatic carbocycles. The second-order valence-corrected chi connectivity index (χ2v) is 5.97. The van der Waals surface area contributed by atoms with Gasteiger partial charge >= 0.3 is 0 Å². The molecule has 2 N–H and O–H groups in total. The fourth-order valence-corrected chi connectivity index (χ4v) is 2.72. The van der Waals surface area contributed by atoms with Crippen molar-refractivity contribution >= 4 is 17.0 Å². The van der Waals surface area contributed by atoms with E-state index in [9.17, 15) is 0 Å². The van der Waals surface area contributed by atoms with Crippen molar-refractivity contribution in [3.8, 4) is 17.6 Å². The van der Waals surface area contributed by atoms with Crippen molar-refractivity contribution in [1.82, 2.24) is 14.5 Å². The number of nitrogens with zero attached hydrogens (tertiary/aromatic N) is 4. The maximum absolute atomic E-state index is 8.65. The number of nitrogen functional groups attached to an aromatic ring is 1. The van der Waals surface area contributed by atoms with Crippen LogP contribution in [-0.2, 0) is 6.54 Å². The third-order valence-electron chi connectivity index (χ3n) is 3.70. The van der Waals surface area contributed by atoms with Gasteiger partial charge in [-0.25, -0.2) is 9.97 Å². The van der Waals surface area contributed by atoms with Crippen LogP contribution in [0.2, 0.25) is 0 Å². The maximum Gasteiger partial charge on any atom is 0.220 e. The summed E-state index contributed by atoms with van der Waals surface area (Å²) in [5, 5.41) is 8.65. The maximum atomic E-state index is 8.65. The third-order valence-corrected chi connectivity index (χ3v) is 3.70. The Hall–Kier alpha value is -3.27. The fourth-order valence-electron chi connectivity index (χ4n) is 2.72. The molecule has 7 heteroatoms. The first-order valence-corrected chi connectivity index (χ1v) is 8.79. The number of nitrogens with two attached hydrogens (primary N) is 1. The van der Waals surface area contributed by atoms with Gasteiger partial charge in [-0.05, 0) is 31.2 Å². The fraction of sp³-hybridized carbons (Fsp3) is 0.350. The Balaban J connectivity index is 0.000000817. The molecule has 0 fully saturated rings. The molecule has 2 heterocycles. The van der Waals surface area contributed by atoms with E-state index in [4.69, 9.17) is 20.5 Å². The van der Waals surface area contributed by atoms with Crippen LogP contribution in [0.5, 0.6) is 11.5 Å². The Labute approximate surface area is 159 Å². The number of nitriles is 1. The van der Waals surface area contributed by atoms with E-state index in [0.29, 0.717) is 12.3 Å². The molecule has 142 valence electrons. The Morgan fingerprint density at radius 3 is 2.63 bits per heavy atom. The number of aromatic nitrogens is 3. The van der Waals surface area contributed by atoms with Crippen molar-refractivity contribution in [1.29, 1.82) is 5.26 Å². The minimum atomic E-state index is 0.00441. The van der Waals surface area contributed by atoms with Gasteiger partial charge in [-0.1, -0.05) is 20.3 Å². The second kappa shape index (κ2) is 9.43. The highest BCUT2D eigenvalue weighted by Crippen LogP contribution is 2.27. The molecule has 0 unspecified atom stereocenters. The van der Waals surface area contributed by atoms with Gasteiger partial charge in [0.2, 0.25) is 5.95 Å². The van der Waals surface area contributed by atoms with Crippen LogP contribution in [0.1, 0.15) is 31.5 Å². The van der Waals surface area contributed by atoms with Gasteiger partial charge in [0, 0.05) is 11.8 Å². The van der Waals surface area contributed by atoms with Gasteiger partial charge in [0.05, 0.1) is 30.4 Å². The SMILES string of the molecule is CCC.COc1ccc(OCC#N)cc1Cn1ccc2nc(N)nc(C)c21. The van der Waals surface area contributed by atoms with Crippen LogP contribution in [0, 0.1) is 18.3 Å². The van der Waals surface area contributed by atoms with Crippen molar-refractivity contribution < 1.29 is 9.47 Å². The molecule has 0 spiro atoms. The summed E-state index contributed by atoms with van der Waals surface area (Å²) in [5.41, 5.74) is 9.18. The zero-order chi connectivity index (χ0) is 19.8.